The van der Waals surface area contributed by atoms with Crippen molar-refractivity contribution in [3.63, 3.8) is 0 Å². The fourth-order valence-electron chi connectivity index (χ4n) is 2.81. The van der Waals surface area contributed by atoms with Gasteiger partial charge in [-0.3, -0.25) is 4.79 Å². The molecule has 0 aliphatic carbocycles. The molecule has 1 aromatic heterocycles. The van der Waals surface area contributed by atoms with E-state index in [0.29, 0.717) is 11.5 Å². The summed E-state index contributed by atoms with van der Waals surface area (Å²) in [5.74, 6) is 0.819. The van der Waals surface area contributed by atoms with Crippen LogP contribution in [-0.4, -0.2) is 12.7 Å². The minimum Gasteiger partial charge on any atom is -0.454 e. The average Bonchev–Trinajstić information content (AvgIpc) is 3.36. The van der Waals surface area contributed by atoms with Gasteiger partial charge >= 0.3 is 0 Å². The molecule has 4 rings (SSSR count). The molecule has 0 saturated carbocycles. The van der Waals surface area contributed by atoms with Crippen LogP contribution in [-0.2, 0) is 4.79 Å². The smallest absolute Gasteiger partial charge is 0.244 e. The summed E-state index contributed by atoms with van der Waals surface area (Å²) in [5, 5.41) is 4.93. The van der Waals surface area contributed by atoms with Gasteiger partial charge in [0.05, 0.1) is 6.04 Å². The number of carbonyl (C=O) groups excluding carboxylic acids is 1. The predicted molar refractivity (Wildman–Crippen MR) is 102 cm³/mol. The Bertz CT molecular complexity index is 968. The summed E-state index contributed by atoms with van der Waals surface area (Å²) in [5.41, 5.74) is 1.66. The van der Waals surface area contributed by atoms with E-state index in [9.17, 15) is 9.18 Å². The minimum atomic E-state index is -0.334. The maximum Gasteiger partial charge on any atom is 0.244 e. The SMILES string of the molecule is O=C(C=Cc1ccc2c(c1)OCO2)NC(c1ccc(F)cc1)c1cccs1. The standard InChI is InChI=1S/C21H16FNO3S/c22-16-7-5-15(6-8-16)21(19-2-1-11-27-19)23-20(24)10-4-14-3-9-17-18(12-14)26-13-25-17/h1-12,21H,13H2,(H,23,24). The highest BCUT2D eigenvalue weighted by molar-refractivity contribution is 7.10. The topological polar surface area (TPSA) is 47.6 Å². The van der Waals surface area contributed by atoms with Crippen molar-refractivity contribution in [3.8, 4) is 11.5 Å². The van der Waals surface area contributed by atoms with E-state index < -0.39 is 0 Å². The molecule has 0 radical (unpaired) electrons. The van der Waals surface area contributed by atoms with Crippen molar-refractivity contribution in [3.05, 3.63) is 87.9 Å². The first-order valence-electron chi connectivity index (χ1n) is 8.36. The van der Waals surface area contributed by atoms with Crippen LogP contribution in [0.1, 0.15) is 22.0 Å². The molecule has 6 heteroatoms. The van der Waals surface area contributed by atoms with Crippen LogP contribution in [0.4, 0.5) is 4.39 Å². The van der Waals surface area contributed by atoms with Crippen molar-refractivity contribution in [1.29, 1.82) is 0 Å². The van der Waals surface area contributed by atoms with E-state index in [1.54, 1.807) is 18.2 Å². The van der Waals surface area contributed by atoms with Crippen molar-refractivity contribution in [1.82, 2.24) is 5.32 Å². The summed E-state index contributed by atoms with van der Waals surface area (Å²) < 4.78 is 23.9. The fraction of sp³-hybridized carbons (Fsp3) is 0.0952. The Morgan fingerprint density at radius 3 is 2.70 bits per heavy atom. The molecule has 0 fully saturated rings. The van der Waals surface area contributed by atoms with Crippen LogP contribution in [0.5, 0.6) is 11.5 Å². The normalized spacial score (nSPS) is 13.7. The van der Waals surface area contributed by atoms with E-state index in [4.69, 9.17) is 9.47 Å². The van der Waals surface area contributed by atoms with E-state index in [0.717, 1.165) is 16.0 Å². The van der Waals surface area contributed by atoms with Crippen molar-refractivity contribution in [2.45, 2.75) is 6.04 Å². The van der Waals surface area contributed by atoms with Crippen LogP contribution < -0.4 is 14.8 Å². The molecule has 0 bridgehead atoms. The largest absolute Gasteiger partial charge is 0.454 e. The second kappa shape index (κ2) is 7.63. The number of fused-ring (bicyclic) bond motifs is 1. The molecular weight excluding hydrogens is 365 g/mol. The third-order valence-electron chi connectivity index (χ3n) is 4.14. The highest BCUT2D eigenvalue weighted by Crippen LogP contribution is 2.33. The zero-order chi connectivity index (χ0) is 18.6. The van der Waals surface area contributed by atoms with E-state index in [2.05, 4.69) is 5.32 Å². The minimum absolute atomic E-state index is 0.211. The molecule has 1 amide bonds. The lowest BCUT2D eigenvalue weighted by molar-refractivity contribution is -0.116. The molecule has 3 aromatic rings. The maximum absolute atomic E-state index is 13.2. The van der Waals surface area contributed by atoms with Gasteiger partial charge in [-0.25, -0.2) is 4.39 Å². The Labute approximate surface area is 159 Å². The van der Waals surface area contributed by atoms with E-state index >= 15 is 0 Å². The zero-order valence-corrected chi connectivity index (χ0v) is 15.0. The van der Waals surface area contributed by atoms with Gasteiger partial charge in [0.1, 0.15) is 5.82 Å². The van der Waals surface area contributed by atoms with Gasteiger partial charge in [-0.05, 0) is 52.9 Å². The molecule has 4 nitrogen and oxygen atoms in total. The molecule has 0 saturated heterocycles. The second-order valence-electron chi connectivity index (χ2n) is 5.95. The molecule has 0 spiro atoms. The number of halogens is 1. The number of nitrogens with one attached hydrogen (secondary N) is 1. The van der Waals surface area contributed by atoms with Gasteiger partial charge in [-0.2, -0.15) is 0 Å². The van der Waals surface area contributed by atoms with Crippen LogP contribution in [0.15, 0.2) is 66.1 Å². The Morgan fingerprint density at radius 1 is 1.11 bits per heavy atom. The summed E-state index contributed by atoms with van der Waals surface area (Å²) in [7, 11) is 0. The lowest BCUT2D eigenvalue weighted by Crippen LogP contribution is -2.27. The monoisotopic (exact) mass is 381 g/mol. The molecular formula is C21H16FNO3S. The molecule has 136 valence electrons. The lowest BCUT2D eigenvalue weighted by Gasteiger charge is -2.17. The molecule has 2 aromatic carbocycles. The van der Waals surface area contributed by atoms with Crippen LogP contribution in [0.25, 0.3) is 6.08 Å². The van der Waals surface area contributed by atoms with Gasteiger partial charge in [0.25, 0.3) is 0 Å². The summed E-state index contributed by atoms with van der Waals surface area (Å²) >= 11 is 1.54. The predicted octanol–water partition coefficient (Wildman–Crippen LogP) is 4.53. The van der Waals surface area contributed by atoms with Gasteiger partial charge in [-0.1, -0.05) is 24.3 Å². The Balaban J connectivity index is 1.51. The van der Waals surface area contributed by atoms with Crippen LogP contribution in [0, 0.1) is 5.82 Å². The summed E-state index contributed by atoms with van der Waals surface area (Å²) in [4.78, 5) is 13.5. The lowest BCUT2D eigenvalue weighted by atomic mass is 10.1. The third kappa shape index (κ3) is 4.01. The number of carbonyl (C=O) groups is 1. The van der Waals surface area contributed by atoms with Crippen molar-refractivity contribution >= 4 is 23.3 Å². The molecule has 1 unspecified atom stereocenters. The summed E-state index contributed by atoms with van der Waals surface area (Å²) in [6, 6.07) is 15.2. The van der Waals surface area contributed by atoms with Gasteiger partial charge in [0.15, 0.2) is 11.5 Å². The number of rotatable bonds is 5. The number of hydrogen-bond donors (Lipinski definition) is 1. The first-order valence-corrected chi connectivity index (χ1v) is 9.24. The number of benzene rings is 2. The van der Waals surface area contributed by atoms with Crippen molar-refractivity contribution in [2.75, 3.05) is 6.79 Å². The Morgan fingerprint density at radius 2 is 1.93 bits per heavy atom. The van der Waals surface area contributed by atoms with E-state index in [1.807, 2.05) is 35.7 Å². The van der Waals surface area contributed by atoms with E-state index in [-0.39, 0.29) is 24.6 Å². The third-order valence-corrected chi connectivity index (χ3v) is 5.08. The maximum atomic E-state index is 13.2. The highest BCUT2D eigenvalue weighted by Gasteiger charge is 2.17. The van der Waals surface area contributed by atoms with Crippen LogP contribution in [0.3, 0.4) is 0 Å². The van der Waals surface area contributed by atoms with Gasteiger partial charge < -0.3 is 14.8 Å². The molecule has 1 atom stereocenters. The van der Waals surface area contributed by atoms with Gasteiger partial charge in [0.2, 0.25) is 12.7 Å². The van der Waals surface area contributed by atoms with Crippen LogP contribution >= 0.6 is 11.3 Å². The molecule has 2 heterocycles. The number of ether oxygens (including phenoxy) is 2. The zero-order valence-electron chi connectivity index (χ0n) is 14.2. The average molecular weight is 381 g/mol. The first kappa shape index (κ1) is 17.3. The summed E-state index contributed by atoms with van der Waals surface area (Å²) in [6.45, 7) is 0.211. The highest BCUT2D eigenvalue weighted by atomic mass is 32.1. The second-order valence-corrected chi connectivity index (χ2v) is 6.93. The Kier molecular flexibility index (Phi) is 4.89. The van der Waals surface area contributed by atoms with Crippen LogP contribution in [0.2, 0.25) is 0 Å². The van der Waals surface area contributed by atoms with Crippen molar-refractivity contribution in [2.24, 2.45) is 0 Å². The molecule has 1 N–H and O–H groups in total. The summed E-state index contributed by atoms with van der Waals surface area (Å²) in [6.07, 6.45) is 3.19. The number of thiophene rings is 1. The first-order chi connectivity index (χ1) is 13.2. The van der Waals surface area contributed by atoms with Gasteiger partial charge in [-0.15, -0.1) is 11.3 Å². The quantitative estimate of drug-likeness (QED) is 0.661. The van der Waals surface area contributed by atoms with Gasteiger partial charge in [0, 0.05) is 11.0 Å². The van der Waals surface area contributed by atoms with Crippen molar-refractivity contribution < 1.29 is 18.7 Å². The fourth-order valence-corrected chi connectivity index (χ4v) is 3.61. The van der Waals surface area contributed by atoms with E-state index in [1.165, 1.54) is 29.5 Å². The Hall–Kier alpha value is -3.12. The molecule has 1 aliphatic heterocycles. The molecule has 27 heavy (non-hydrogen) atoms. The number of amides is 1. The number of hydrogen-bond acceptors (Lipinski definition) is 4. The molecule has 1 aliphatic rings.